The third-order valence-electron chi connectivity index (χ3n) is 3.15. The van der Waals surface area contributed by atoms with E-state index in [2.05, 4.69) is 23.7 Å². The number of nitrogens with zero attached hydrogens (tertiary/aromatic N) is 2. The molecule has 4 heteroatoms. The first kappa shape index (κ1) is 12.5. The maximum Gasteiger partial charge on any atom is 0.0753 e. The fourth-order valence-electron chi connectivity index (χ4n) is 2.35. The van der Waals surface area contributed by atoms with Crippen LogP contribution in [0.4, 0.5) is 0 Å². The molecule has 1 aliphatic rings. The van der Waals surface area contributed by atoms with Crippen LogP contribution >= 0.6 is 0 Å². The molecule has 2 heterocycles. The van der Waals surface area contributed by atoms with Gasteiger partial charge in [-0.1, -0.05) is 6.07 Å². The van der Waals surface area contributed by atoms with Gasteiger partial charge in [-0.25, -0.2) is 0 Å². The SMILES string of the molecule is CC1(C)CN(C(CN)c2ccccn2)CCO1. The quantitative estimate of drug-likeness (QED) is 0.855. The molecule has 4 nitrogen and oxygen atoms in total. The average Bonchev–Trinajstić information content (AvgIpc) is 2.30. The van der Waals surface area contributed by atoms with Crippen LogP contribution in [0.5, 0.6) is 0 Å². The van der Waals surface area contributed by atoms with E-state index in [1.54, 1.807) is 0 Å². The summed E-state index contributed by atoms with van der Waals surface area (Å²) in [4.78, 5) is 6.78. The number of ether oxygens (including phenoxy) is 1. The van der Waals surface area contributed by atoms with Crippen molar-refractivity contribution in [2.24, 2.45) is 5.73 Å². The van der Waals surface area contributed by atoms with Gasteiger partial charge in [0.05, 0.1) is 23.9 Å². The molecule has 94 valence electrons. The summed E-state index contributed by atoms with van der Waals surface area (Å²) in [5, 5.41) is 0. The Morgan fingerprint density at radius 3 is 2.94 bits per heavy atom. The van der Waals surface area contributed by atoms with E-state index in [0.717, 1.165) is 25.4 Å². The lowest BCUT2D eigenvalue weighted by atomic mass is 10.0. The fourth-order valence-corrected chi connectivity index (χ4v) is 2.35. The van der Waals surface area contributed by atoms with E-state index >= 15 is 0 Å². The second-order valence-electron chi connectivity index (χ2n) is 5.08. The van der Waals surface area contributed by atoms with Gasteiger partial charge in [-0.2, -0.15) is 0 Å². The molecule has 1 unspecified atom stereocenters. The smallest absolute Gasteiger partial charge is 0.0753 e. The molecule has 17 heavy (non-hydrogen) atoms. The Morgan fingerprint density at radius 2 is 2.35 bits per heavy atom. The first-order valence-electron chi connectivity index (χ1n) is 6.11. The van der Waals surface area contributed by atoms with Crippen molar-refractivity contribution in [2.75, 3.05) is 26.2 Å². The highest BCUT2D eigenvalue weighted by Crippen LogP contribution is 2.24. The normalized spacial score (nSPS) is 22.3. The summed E-state index contributed by atoms with van der Waals surface area (Å²) in [6.45, 7) is 7.40. The lowest BCUT2D eigenvalue weighted by Gasteiger charge is -2.41. The number of rotatable bonds is 3. The Kier molecular flexibility index (Phi) is 3.76. The van der Waals surface area contributed by atoms with Crippen LogP contribution in [0.3, 0.4) is 0 Å². The molecule has 1 aromatic heterocycles. The van der Waals surface area contributed by atoms with Crippen LogP contribution in [0.1, 0.15) is 25.6 Å². The number of morpholine rings is 1. The zero-order valence-corrected chi connectivity index (χ0v) is 10.6. The maximum atomic E-state index is 5.90. The van der Waals surface area contributed by atoms with Crippen molar-refractivity contribution in [2.45, 2.75) is 25.5 Å². The molecule has 0 amide bonds. The standard InChI is InChI=1S/C13H21N3O/c1-13(2)10-16(7-8-17-13)12(9-14)11-5-3-4-6-15-11/h3-6,12H,7-10,14H2,1-2H3. The predicted molar refractivity (Wildman–Crippen MR) is 67.6 cm³/mol. The van der Waals surface area contributed by atoms with Gasteiger partial charge in [0.15, 0.2) is 0 Å². The monoisotopic (exact) mass is 235 g/mol. The Hall–Kier alpha value is -0.970. The van der Waals surface area contributed by atoms with Gasteiger partial charge in [-0.3, -0.25) is 9.88 Å². The summed E-state index contributed by atoms with van der Waals surface area (Å²) < 4.78 is 5.72. The van der Waals surface area contributed by atoms with Crippen molar-refractivity contribution in [1.82, 2.24) is 9.88 Å². The molecular formula is C13H21N3O. The molecule has 0 bridgehead atoms. The maximum absolute atomic E-state index is 5.90. The zero-order chi connectivity index (χ0) is 12.3. The molecule has 2 N–H and O–H groups in total. The van der Waals surface area contributed by atoms with Crippen LogP contribution in [0.15, 0.2) is 24.4 Å². The number of hydrogen-bond donors (Lipinski definition) is 1. The highest BCUT2D eigenvalue weighted by atomic mass is 16.5. The third kappa shape index (κ3) is 3.03. The summed E-state index contributed by atoms with van der Waals surface area (Å²) in [6.07, 6.45) is 1.82. The summed E-state index contributed by atoms with van der Waals surface area (Å²) >= 11 is 0. The summed E-state index contributed by atoms with van der Waals surface area (Å²) in [5.41, 5.74) is 6.85. The molecule has 2 rings (SSSR count). The second-order valence-corrected chi connectivity index (χ2v) is 5.08. The first-order chi connectivity index (χ1) is 8.12. The van der Waals surface area contributed by atoms with Crippen molar-refractivity contribution < 1.29 is 4.74 Å². The van der Waals surface area contributed by atoms with Crippen LogP contribution in [-0.4, -0.2) is 41.7 Å². The molecular weight excluding hydrogens is 214 g/mol. The molecule has 1 atom stereocenters. The van der Waals surface area contributed by atoms with Gasteiger partial charge in [0.25, 0.3) is 0 Å². The van der Waals surface area contributed by atoms with Crippen LogP contribution in [0.2, 0.25) is 0 Å². The van der Waals surface area contributed by atoms with E-state index in [1.807, 2.05) is 24.4 Å². The van der Waals surface area contributed by atoms with Crippen molar-refractivity contribution >= 4 is 0 Å². The van der Waals surface area contributed by atoms with E-state index in [4.69, 9.17) is 10.5 Å². The van der Waals surface area contributed by atoms with Gasteiger partial charge in [-0.05, 0) is 26.0 Å². The molecule has 0 aliphatic carbocycles. The van der Waals surface area contributed by atoms with E-state index in [-0.39, 0.29) is 11.6 Å². The third-order valence-corrected chi connectivity index (χ3v) is 3.15. The lowest BCUT2D eigenvalue weighted by molar-refractivity contribution is -0.0971. The lowest BCUT2D eigenvalue weighted by Crippen LogP contribution is -2.50. The molecule has 1 fully saturated rings. The molecule has 1 aliphatic heterocycles. The van der Waals surface area contributed by atoms with E-state index < -0.39 is 0 Å². The molecule has 0 radical (unpaired) electrons. The minimum Gasteiger partial charge on any atom is -0.373 e. The second kappa shape index (κ2) is 5.12. The Labute approximate surface area is 103 Å². The van der Waals surface area contributed by atoms with Crippen LogP contribution in [0.25, 0.3) is 0 Å². The molecule has 1 aromatic rings. The average molecular weight is 235 g/mol. The Bertz CT molecular complexity index is 353. The van der Waals surface area contributed by atoms with Gasteiger partial charge in [0, 0.05) is 25.8 Å². The molecule has 0 spiro atoms. The summed E-state index contributed by atoms with van der Waals surface area (Å²) in [7, 11) is 0. The van der Waals surface area contributed by atoms with Crippen molar-refractivity contribution in [3.63, 3.8) is 0 Å². The van der Waals surface area contributed by atoms with E-state index in [9.17, 15) is 0 Å². The highest BCUT2D eigenvalue weighted by Gasteiger charge is 2.31. The van der Waals surface area contributed by atoms with Gasteiger partial charge < -0.3 is 10.5 Å². The number of hydrogen-bond acceptors (Lipinski definition) is 4. The first-order valence-corrected chi connectivity index (χ1v) is 6.11. The van der Waals surface area contributed by atoms with Crippen molar-refractivity contribution in [3.05, 3.63) is 30.1 Å². The van der Waals surface area contributed by atoms with Gasteiger partial charge >= 0.3 is 0 Å². The Morgan fingerprint density at radius 1 is 1.53 bits per heavy atom. The van der Waals surface area contributed by atoms with Gasteiger partial charge in [0.1, 0.15) is 0 Å². The zero-order valence-electron chi connectivity index (χ0n) is 10.6. The molecule has 0 aromatic carbocycles. The van der Waals surface area contributed by atoms with Gasteiger partial charge in [0.2, 0.25) is 0 Å². The van der Waals surface area contributed by atoms with Crippen molar-refractivity contribution in [1.29, 1.82) is 0 Å². The highest BCUT2D eigenvalue weighted by molar-refractivity contribution is 5.10. The largest absolute Gasteiger partial charge is 0.373 e. The molecule has 0 saturated carbocycles. The summed E-state index contributed by atoms with van der Waals surface area (Å²) in [6, 6.07) is 6.18. The van der Waals surface area contributed by atoms with Crippen LogP contribution in [-0.2, 0) is 4.74 Å². The van der Waals surface area contributed by atoms with E-state index in [0.29, 0.717) is 6.54 Å². The summed E-state index contributed by atoms with van der Waals surface area (Å²) in [5.74, 6) is 0. The van der Waals surface area contributed by atoms with Crippen LogP contribution < -0.4 is 5.73 Å². The topological polar surface area (TPSA) is 51.4 Å². The number of pyridine rings is 1. The van der Waals surface area contributed by atoms with E-state index in [1.165, 1.54) is 0 Å². The fraction of sp³-hybridized carbons (Fsp3) is 0.615. The Balaban J connectivity index is 2.13. The molecule has 1 saturated heterocycles. The van der Waals surface area contributed by atoms with Gasteiger partial charge in [-0.15, -0.1) is 0 Å². The van der Waals surface area contributed by atoms with Crippen LogP contribution in [0, 0.1) is 0 Å². The van der Waals surface area contributed by atoms with Crippen molar-refractivity contribution in [3.8, 4) is 0 Å². The predicted octanol–water partition coefficient (Wildman–Crippen LogP) is 1.19. The number of nitrogens with two attached hydrogens (primary N) is 1. The minimum atomic E-state index is -0.0968. The minimum absolute atomic E-state index is 0.0968. The number of aromatic nitrogens is 1.